The van der Waals surface area contributed by atoms with Crippen molar-refractivity contribution in [2.75, 3.05) is 7.05 Å². The Balaban J connectivity index is 2.89. The van der Waals surface area contributed by atoms with Crippen molar-refractivity contribution in [2.24, 2.45) is 0 Å². The fourth-order valence-corrected chi connectivity index (χ4v) is 1.67. The van der Waals surface area contributed by atoms with Crippen molar-refractivity contribution < 1.29 is 9.90 Å². The SMILES string of the molecule is CCC(C)N(C)Cc1cc(C(C)=O)ccc1O. The van der Waals surface area contributed by atoms with Crippen LogP contribution < -0.4 is 0 Å². The smallest absolute Gasteiger partial charge is 0.159 e. The van der Waals surface area contributed by atoms with E-state index in [1.54, 1.807) is 18.2 Å². The maximum Gasteiger partial charge on any atom is 0.159 e. The molecule has 1 N–H and O–H groups in total. The Labute approximate surface area is 103 Å². The molecule has 0 aliphatic heterocycles. The van der Waals surface area contributed by atoms with E-state index >= 15 is 0 Å². The van der Waals surface area contributed by atoms with Gasteiger partial charge in [0.15, 0.2) is 5.78 Å². The summed E-state index contributed by atoms with van der Waals surface area (Å²) in [4.78, 5) is 13.5. The largest absolute Gasteiger partial charge is 0.508 e. The molecule has 1 atom stereocenters. The molecule has 0 bridgehead atoms. The van der Waals surface area contributed by atoms with Crippen molar-refractivity contribution in [3.63, 3.8) is 0 Å². The van der Waals surface area contributed by atoms with E-state index in [2.05, 4.69) is 18.7 Å². The lowest BCUT2D eigenvalue weighted by Gasteiger charge is -2.24. The minimum absolute atomic E-state index is 0.0254. The van der Waals surface area contributed by atoms with Gasteiger partial charge in [-0.25, -0.2) is 0 Å². The van der Waals surface area contributed by atoms with Crippen LogP contribution in [0.3, 0.4) is 0 Å². The van der Waals surface area contributed by atoms with Crippen molar-refractivity contribution in [3.05, 3.63) is 29.3 Å². The van der Waals surface area contributed by atoms with Crippen LogP contribution in [0.25, 0.3) is 0 Å². The molecule has 94 valence electrons. The molecule has 3 nitrogen and oxygen atoms in total. The quantitative estimate of drug-likeness (QED) is 0.798. The molecular formula is C14H21NO2. The number of carbonyl (C=O) groups is 1. The molecule has 0 amide bonds. The van der Waals surface area contributed by atoms with Crippen molar-refractivity contribution in [2.45, 2.75) is 39.8 Å². The summed E-state index contributed by atoms with van der Waals surface area (Å²) in [6, 6.07) is 5.48. The second-order valence-electron chi connectivity index (χ2n) is 4.57. The van der Waals surface area contributed by atoms with E-state index in [1.165, 1.54) is 6.92 Å². The van der Waals surface area contributed by atoms with E-state index in [1.807, 2.05) is 7.05 Å². The van der Waals surface area contributed by atoms with Gasteiger partial charge in [0.2, 0.25) is 0 Å². The Morgan fingerprint density at radius 2 is 2.12 bits per heavy atom. The first-order chi connectivity index (χ1) is 7.95. The van der Waals surface area contributed by atoms with Crippen LogP contribution in [0, 0.1) is 0 Å². The first kappa shape index (κ1) is 13.7. The highest BCUT2D eigenvalue weighted by atomic mass is 16.3. The number of nitrogens with zero attached hydrogens (tertiary/aromatic N) is 1. The maximum absolute atomic E-state index is 11.3. The Morgan fingerprint density at radius 3 is 2.65 bits per heavy atom. The Hall–Kier alpha value is -1.35. The zero-order chi connectivity index (χ0) is 13.0. The normalized spacial score (nSPS) is 12.8. The number of aromatic hydroxyl groups is 1. The Kier molecular flexibility index (Phi) is 4.70. The average Bonchev–Trinajstić information content (AvgIpc) is 2.30. The highest BCUT2D eigenvalue weighted by Gasteiger charge is 2.11. The molecule has 0 spiro atoms. The summed E-state index contributed by atoms with van der Waals surface area (Å²) < 4.78 is 0. The molecule has 1 aromatic rings. The average molecular weight is 235 g/mol. The van der Waals surface area contributed by atoms with Crippen LogP contribution in [-0.2, 0) is 6.54 Å². The van der Waals surface area contributed by atoms with Crippen LogP contribution in [0.2, 0.25) is 0 Å². The summed E-state index contributed by atoms with van der Waals surface area (Å²) in [5, 5.41) is 9.78. The molecule has 1 aromatic carbocycles. The summed E-state index contributed by atoms with van der Waals surface area (Å²) in [5.74, 6) is 0.280. The van der Waals surface area contributed by atoms with Gasteiger partial charge in [-0.3, -0.25) is 9.69 Å². The maximum atomic E-state index is 11.3. The number of hydrogen-bond donors (Lipinski definition) is 1. The molecule has 0 aromatic heterocycles. The highest BCUT2D eigenvalue weighted by Crippen LogP contribution is 2.21. The zero-order valence-electron chi connectivity index (χ0n) is 11.0. The Bertz CT molecular complexity index is 401. The molecule has 0 saturated carbocycles. The fraction of sp³-hybridized carbons (Fsp3) is 0.500. The van der Waals surface area contributed by atoms with Crippen LogP contribution >= 0.6 is 0 Å². The fourth-order valence-electron chi connectivity index (χ4n) is 1.67. The standard InChI is InChI=1S/C14H21NO2/c1-5-10(2)15(4)9-13-8-12(11(3)16)6-7-14(13)17/h6-8,10,17H,5,9H2,1-4H3. The van der Waals surface area contributed by atoms with Gasteiger partial charge >= 0.3 is 0 Å². The van der Waals surface area contributed by atoms with Gasteiger partial charge in [0.1, 0.15) is 5.75 Å². The third-order valence-electron chi connectivity index (χ3n) is 3.25. The number of benzene rings is 1. The van der Waals surface area contributed by atoms with Crippen molar-refractivity contribution in [3.8, 4) is 5.75 Å². The number of hydrogen-bond acceptors (Lipinski definition) is 3. The van der Waals surface area contributed by atoms with Gasteiger partial charge in [-0.1, -0.05) is 6.92 Å². The first-order valence-corrected chi connectivity index (χ1v) is 5.98. The van der Waals surface area contributed by atoms with Gasteiger partial charge in [-0.15, -0.1) is 0 Å². The lowest BCUT2D eigenvalue weighted by Crippen LogP contribution is -2.27. The Morgan fingerprint density at radius 1 is 1.47 bits per heavy atom. The van der Waals surface area contributed by atoms with E-state index in [-0.39, 0.29) is 11.5 Å². The third kappa shape index (κ3) is 3.56. The molecule has 1 unspecified atom stereocenters. The topological polar surface area (TPSA) is 40.5 Å². The summed E-state index contributed by atoms with van der Waals surface area (Å²) in [6.45, 7) is 6.47. The number of carbonyl (C=O) groups excluding carboxylic acids is 1. The van der Waals surface area contributed by atoms with E-state index < -0.39 is 0 Å². The van der Waals surface area contributed by atoms with Gasteiger partial charge in [-0.2, -0.15) is 0 Å². The van der Waals surface area contributed by atoms with Gasteiger partial charge in [0, 0.05) is 23.7 Å². The van der Waals surface area contributed by atoms with Crippen molar-refractivity contribution >= 4 is 5.78 Å². The molecule has 1 rings (SSSR count). The third-order valence-corrected chi connectivity index (χ3v) is 3.25. The lowest BCUT2D eigenvalue weighted by molar-refractivity contribution is 0.101. The van der Waals surface area contributed by atoms with E-state index in [0.29, 0.717) is 18.2 Å². The molecule has 0 heterocycles. The van der Waals surface area contributed by atoms with Gasteiger partial charge < -0.3 is 5.11 Å². The second kappa shape index (κ2) is 5.82. The zero-order valence-corrected chi connectivity index (χ0v) is 11.0. The van der Waals surface area contributed by atoms with Gasteiger partial charge in [0.25, 0.3) is 0 Å². The molecule has 0 aliphatic rings. The van der Waals surface area contributed by atoms with Crippen LogP contribution in [0.4, 0.5) is 0 Å². The minimum atomic E-state index is 0.0254. The van der Waals surface area contributed by atoms with Crippen molar-refractivity contribution in [1.82, 2.24) is 4.90 Å². The first-order valence-electron chi connectivity index (χ1n) is 5.98. The van der Waals surface area contributed by atoms with Crippen LogP contribution in [-0.4, -0.2) is 28.9 Å². The van der Waals surface area contributed by atoms with Gasteiger partial charge in [-0.05, 0) is 45.5 Å². The summed E-state index contributed by atoms with van der Waals surface area (Å²) in [6.07, 6.45) is 1.06. The van der Waals surface area contributed by atoms with Crippen molar-refractivity contribution in [1.29, 1.82) is 0 Å². The summed E-state index contributed by atoms with van der Waals surface area (Å²) in [5.41, 5.74) is 1.45. The number of ketones is 1. The van der Waals surface area contributed by atoms with E-state index in [0.717, 1.165) is 12.0 Å². The summed E-state index contributed by atoms with van der Waals surface area (Å²) >= 11 is 0. The molecule has 17 heavy (non-hydrogen) atoms. The van der Waals surface area contributed by atoms with Crippen LogP contribution in [0.1, 0.15) is 43.1 Å². The molecule has 0 fully saturated rings. The molecular weight excluding hydrogens is 214 g/mol. The molecule has 0 saturated heterocycles. The molecule has 3 heteroatoms. The number of Topliss-reactive ketones (excluding diaryl/α,β-unsaturated/α-hetero) is 1. The summed E-state index contributed by atoms with van der Waals surface area (Å²) in [7, 11) is 2.02. The monoisotopic (exact) mass is 235 g/mol. The molecule has 0 radical (unpaired) electrons. The van der Waals surface area contributed by atoms with E-state index in [4.69, 9.17) is 0 Å². The van der Waals surface area contributed by atoms with Gasteiger partial charge in [0.05, 0.1) is 0 Å². The number of rotatable bonds is 5. The molecule has 0 aliphatic carbocycles. The van der Waals surface area contributed by atoms with Crippen LogP contribution in [0.5, 0.6) is 5.75 Å². The minimum Gasteiger partial charge on any atom is -0.508 e. The van der Waals surface area contributed by atoms with E-state index in [9.17, 15) is 9.90 Å². The number of phenolic OH excluding ortho intramolecular Hbond substituents is 1. The predicted molar refractivity (Wildman–Crippen MR) is 69.3 cm³/mol. The highest BCUT2D eigenvalue weighted by molar-refractivity contribution is 5.94. The predicted octanol–water partition coefficient (Wildman–Crippen LogP) is 2.83. The lowest BCUT2D eigenvalue weighted by atomic mass is 10.1. The second-order valence-corrected chi connectivity index (χ2v) is 4.57. The number of phenols is 1. The van der Waals surface area contributed by atoms with Crippen LogP contribution in [0.15, 0.2) is 18.2 Å².